The van der Waals surface area contributed by atoms with Gasteiger partial charge in [-0.2, -0.15) is 0 Å². The first kappa shape index (κ1) is 18.9. The predicted molar refractivity (Wildman–Crippen MR) is 95.8 cm³/mol. The van der Waals surface area contributed by atoms with Crippen LogP contribution in [0.1, 0.15) is 30.7 Å². The average Bonchev–Trinajstić information content (AvgIpc) is 3.02. The van der Waals surface area contributed by atoms with E-state index >= 15 is 0 Å². The summed E-state index contributed by atoms with van der Waals surface area (Å²) >= 11 is 1.79. The molecule has 1 rings (SSSR count). The van der Waals surface area contributed by atoms with Gasteiger partial charge in [0.05, 0.1) is 6.04 Å². The van der Waals surface area contributed by atoms with E-state index in [-0.39, 0.29) is 0 Å². The third-order valence-electron chi connectivity index (χ3n) is 3.39. The van der Waals surface area contributed by atoms with Crippen LogP contribution >= 0.6 is 11.3 Å². The highest BCUT2D eigenvalue weighted by atomic mass is 32.1. The Kier molecular flexibility index (Phi) is 9.86. The van der Waals surface area contributed by atoms with Crippen LogP contribution in [0.25, 0.3) is 0 Å². The molecule has 0 radical (unpaired) electrons. The molecule has 0 aliphatic heterocycles. The molecule has 0 amide bonds. The molecular weight excluding hydrogens is 296 g/mol. The monoisotopic (exact) mass is 326 g/mol. The Morgan fingerprint density at radius 2 is 2.18 bits per heavy atom. The zero-order chi connectivity index (χ0) is 16.2. The number of rotatable bonds is 10. The molecule has 0 fully saturated rings. The molecule has 0 aromatic carbocycles. The zero-order valence-electron chi connectivity index (χ0n) is 14.3. The molecule has 6 heteroatoms. The van der Waals surface area contributed by atoms with Crippen molar-refractivity contribution in [1.82, 2.24) is 15.5 Å². The standard InChI is InChI=1S/C16H30N4OS/c1-5-21-11-7-6-10-18-16(17-2)19-13-14(20(3)4)15-9-8-12-22-15/h8-9,12,14H,5-7,10-11,13H2,1-4H3,(H2,17,18,19). The Morgan fingerprint density at radius 1 is 1.36 bits per heavy atom. The predicted octanol–water partition coefficient (Wildman–Crippen LogP) is 2.33. The number of hydrogen-bond acceptors (Lipinski definition) is 4. The quantitative estimate of drug-likeness (QED) is 0.394. The fraction of sp³-hybridized carbons (Fsp3) is 0.688. The van der Waals surface area contributed by atoms with Gasteiger partial charge in [-0.05, 0) is 45.3 Å². The molecule has 0 saturated heterocycles. The number of likely N-dealkylation sites (N-methyl/N-ethyl adjacent to an activating group) is 1. The average molecular weight is 327 g/mol. The molecule has 1 heterocycles. The lowest BCUT2D eigenvalue weighted by atomic mass is 10.2. The van der Waals surface area contributed by atoms with E-state index in [1.165, 1.54) is 4.88 Å². The number of aliphatic imine (C=N–C) groups is 1. The van der Waals surface area contributed by atoms with Crippen LogP contribution in [0, 0.1) is 0 Å². The van der Waals surface area contributed by atoms with Gasteiger partial charge in [-0.1, -0.05) is 6.07 Å². The van der Waals surface area contributed by atoms with Gasteiger partial charge in [0.25, 0.3) is 0 Å². The first-order valence-corrected chi connectivity index (χ1v) is 8.79. The molecule has 1 unspecified atom stereocenters. The van der Waals surface area contributed by atoms with E-state index in [1.807, 2.05) is 14.0 Å². The van der Waals surface area contributed by atoms with Crippen molar-refractivity contribution in [3.05, 3.63) is 22.4 Å². The summed E-state index contributed by atoms with van der Waals surface area (Å²) in [4.78, 5) is 7.88. The molecule has 1 atom stereocenters. The highest BCUT2D eigenvalue weighted by Gasteiger charge is 2.15. The molecule has 0 aliphatic rings. The smallest absolute Gasteiger partial charge is 0.191 e. The molecule has 2 N–H and O–H groups in total. The maximum atomic E-state index is 5.34. The van der Waals surface area contributed by atoms with Crippen LogP contribution in [0.5, 0.6) is 0 Å². The van der Waals surface area contributed by atoms with E-state index in [0.717, 1.165) is 45.1 Å². The van der Waals surface area contributed by atoms with Crippen molar-refractivity contribution < 1.29 is 4.74 Å². The third-order valence-corrected chi connectivity index (χ3v) is 4.37. The minimum Gasteiger partial charge on any atom is -0.382 e. The van der Waals surface area contributed by atoms with Crippen LogP contribution < -0.4 is 10.6 Å². The number of nitrogens with zero attached hydrogens (tertiary/aromatic N) is 2. The molecule has 1 aromatic rings. The summed E-state index contributed by atoms with van der Waals surface area (Å²) in [5.41, 5.74) is 0. The van der Waals surface area contributed by atoms with Crippen molar-refractivity contribution >= 4 is 17.3 Å². The number of unbranched alkanes of at least 4 members (excludes halogenated alkanes) is 1. The maximum absolute atomic E-state index is 5.34. The van der Waals surface area contributed by atoms with E-state index < -0.39 is 0 Å². The molecule has 0 saturated carbocycles. The number of nitrogens with one attached hydrogen (secondary N) is 2. The highest BCUT2D eigenvalue weighted by Crippen LogP contribution is 2.22. The fourth-order valence-corrected chi connectivity index (χ4v) is 3.04. The van der Waals surface area contributed by atoms with E-state index in [4.69, 9.17) is 4.74 Å². The number of hydrogen-bond donors (Lipinski definition) is 2. The highest BCUT2D eigenvalue weighted by molar-refractivity contribution is 7.10. The molecule has 0 aliphatic carbocycles. The molecule has 5 nitrogen and oxygen atoms in total. The van der Waals surface area contributed by atoms with Gasteiger partial charge < -0.3 is 20.3 Å². The van der Waals surface area contributed by atoms with Gasteiger partial charge in [-0.15, -0.1) is 11.3 Å². The van der Waals surface area contributed by atoms with Gasteiger partial charge in [0.1, 0.15) is 0 Å². The largest absolute Gasteiger partial charge is 0.382 e. The summed E-state index contributed by atoms with van der Waals surface area (Å²) < 4.78 is 5.34. The van der Waals surface area contributed by atoms with Crippen molar-refractivity contribution in [2.45, 2.75) is 25.8 Å². The normalized spacial score (nSPS) is 13.4. The van der Waals surface area contributed by atoms with Crippen LogP contribution in [-0.2, 0) is 4.74 Å². The molecule has 0 bridgehead atoms. The minimum atomic E-state index is 0.358. The van der Waals surface area contributed by atoms with Crippen molar-refractivity contribution in [2.75, 3.05) is 47.4 Å². The summed E-state index contributed by atoms with van der Waals surface area (Å²) in [7, 11) is 6.03. The first-order chi connectivity index (χ1) is 10.7. The van der Waals surface area contributed by atoms with Crippen molar-refractivity contribution in [3.63, 3.8) is 0 Å². The van der Waals surface area contributed by atoms with Crippen LogP contribution in [0.3, 0.4) is 0 Å². The van der Waals surface area contributed by atoms with Crippen LogP contribution in [0.4, 0.5) is 0 Å². The Labute approximate surface area is 138 Å². The van der Waals surface area contributed by atoms with Gasteiger partial charge in [-0.25, -0.2) is 0 Å². The topological polar surface area (TPSA) is 48.9 Å². The van der Waals surface area contributed by atoms with Gasteiger partial charge >= 0.3 is 0 Å². The van der Waals surface area contributed by atoms with E-state index in [2.05, 4.69) is 52.1 Å². The lowest BCUT2D eigenvalue weighted by molar-refractivity contribution is 0.143. The van der Waals surface area contributed by atoms with Crippen molar-refractivity contribution in [3.8, 4) is 0 Å². The number of thiophene rings is 1. The van der Waals surface area contributed by atoms with E-state index in [9.17, 15) is 0 Å². The Bertz CT molecular complexity index is 406. The van der Waals surface area contributed by atoms with Gasteiger partial charge in [0.15, 0.2) is 5.96 Å². The Balaban J connectivity index is 2.30. The zero-order valence-corrected chi connectivity index (χ0v) is 15.1. The van der Waals surface area contributed by atoms with Crippen molar-refractivity contribution in [2.24, 2.45) is 4.99 Å². The lowest BCUT2D eigenvalue weighted by Gasteiger charge is -2.24. The second-order valence-corrected chi connectivity index (χ2v) is 6.26. The molecular formula is C16H30N4OS. The summed E-state index contributed by atoms with van der Waals surface area (Å²) in [5, 5.41) is 8.89. The third kappa shape index (κ3) is 7.24. The summed E-state index contributed by atoms with van der Waals surface area (Å²) in [6, 6.07) is 4.64. The van der Waals surface area contributed by atoms with Gasteiger partial charge in [0, 0.05) is 38.2 Å². The van der Waals surface area contributed by atoms with Gasteiger partial charge in [0.2, 0.25) is 0 Å². The maximum Gasteiger partial charge on any atom is 0.191 e. The summed E-state index contributed by atoms with van der Waals surface area (Å²) in [5.74, 6) is 0.861. The summed E-state index contributed by atoms with van der Waals surface area (Å²) in [6.45, 7) is 5.42. The Morgan fingerprint density at radius 3 is 2.77 bits per heavy atom. The molecule has 1 aromatic heterocycles. The Hall–Kier alpha value is -1.11. The second kappa shape index (κ2) is 11.5. The second-order valence-electron chi connectivity index (χ2n) is 5.28. The van der Waals surface area contributed by atoms with Crippen LogP contribution in [0.15, 0.2) is 22.5 Å². The van der Waals surface area contributed by atoms with E-state index in [1.54, 1.807) is 11.3 Å². The van der Waals surface area contributed by atoms with Crippen LogP contribution in [0.2, 0.25) is 0 Å². The molecule has 0 spiro atoms. The van der Waals surface area contributed by atoms with E-state index in [0.29, 0.717) is 6.04 Å². The minimum absolute atomic E-state index is 0.358. The molecule has 22 heavy (non-hydrogen) atoms. The van der Waals surface area contributed by atoms with Crippen molar-refractivity contribution in [1.29, 1.82) is 0 Å². The van der Waals surface area contributed by atoms with Gasteiger partial charge in [-0.3, -0.25) is 4.99 Å². The fourth-order valence-electron chi connectivity index (χ4n) is 2.11. The lowest BCUT2D eigenvalue weighted by Crippen LogP contribution is -2.41. The molecule has 126 valence electrons. The van der Waals surface area contributed by atoms with Crippen LogP contribution in [-0.4, -0.2) is 58.3 Å². The summed E-state index contributed by atoms with van der Waals surface area (Å²) in [6.07, 6.45) is 2.16. The first-order valence-electron chi connectivity index (χ1n) is 7.91. The number of ether oxygens (including phenoxy) is 1. The number of guanidine groups is 1. The SMILES string of the molecule is CCOCCCCNC(=NC)NCC(c1cccs1)N(C)C.